The highest BCUT2D eigenvalue weighted by molar-refractivity contribution is 6.09. The van der Waals surface area contributed by atoms with Crippen LogP contribution >= 0.6 is 0 Å². The zero-order chi connectivity index (χ0) is 18.1. The Balaban J connectivity index is 1.66. The van der Waals surface area contributed by atoms with Crippen LogP contribution in [0, 0.1) is 0 Å². The molecule has 132 valence electrons. The Labute approximate surface area is 150 Å². The van der Waals surface area contributed by atoms with Gasteiger partial charge in [0.1, 0.15) is 5.75 Å². The number of hydrogen-bond acceptors (Lipinski definition) is 4. The molecule has 2 heterocycles. The minimum Gasteiger partial charge on any atom is -0.497 e. The van der Waals surface area contributed by atoms with Crippen molar-refractivity contribution < 1.29 is 14.3 Å². The number of carbonyl (C=O) groups is 2. The summed E-state index contributed by atoms with van der Waals surface area (Å²) in [7, 11) is 1.56. The van der Waals surface area contributed by atoms with Gasteiger partial charge >= 0.3 is 0 Å². The molecule has 0 unspecified atom stereocenters. The topological polar surface area (TPSA) is 84.7 Å². The maximum atomic E-state index is 12.7. The Morgan fingerprint density at radius 1 is 1.15 bits per heavy atom. The first-order valence-electron chi connectivity index (χ1n) is 8.39. The summed E-state index contributed by atoms with van der Waals surface area (Å²) in [5.41, 5.74) is 1.37. The van der Waals surface area contributed by atoms with Crippen molar-refractivity contribution >= 4 is 23.0 Å². The number of benzene rings is 1. The van der Waals surface area contributed by atoms with Crippen molar-refractivity contribution in [2.45, 2.75) is 18.9 Å². The summed E-state index contributed by atoms with van der Waals surface area (Å²) in [5.74, 6) is 0.201. The van der Waals surface area contributed by atoms with E-state index in [1.807, 2.05) is 6.07 Å². The summed E-state index contributed by atoms with van der Waals surface area (Å²) < 4.78 is 6.80. The van der Waals surface area contributed by atoms with Crippen LogP contribution in [0.4, 0.5) is 5.69 Å². The number of methoxy groups -OCH3 is 1. The van der Waals surface area contributed by atoms with Gasteiger partial charge in [-0.3, -0.25) is 14.0 Å². The second kappa shape index (κ2) is 6.51. The number of fused-ring (bicyclic) bond motifs is 1. The number of nitrogens with zero attached hydrogens (tertiary/aromatic N) is 2. The van der Waals surface area contributed by atoms with Gasteiger partial charge in [-0.1, -0.05) is 12.1 Å². The molecule has 0 radical (unpaired) electrons. The van der Waals surface area contributed by atoms with Crippen LogP contribution in [0.1, 0.15) is 33.9 Å². The van der Waals surface area contributed by atoms with Gasteiger partial charge in [0.2, 0.25) is 5.82 Å². The number of imidazole rings is 1. The van der Waals surface area contributed by atoms with Crippen molar-refractivity contribution in [1.29, 1.82) is 0 Å². The molecular formula is C19H18N4O3. The molecule has 26 heavy (non-hydrogen) atoms. The Kier molecular flexibility index (Phi) is 4.04. The smallest absolute Gasteiger partial charge is 0.287 e. The molecule has 2 amide bonds. The fourth-order valence-corrected chi connectivity index (χ4v) is 2.73. The number of pyridine rings is 1. The summed E-state index contributed by atoms with van der Waals surface area (Å²) in [4.78, 5) is 29.5. The highest BCUT2D eigenvalue weighted by Crippen LogP contribution is 2.21. The molecule has 0 bridgehead atoms. The van der Waals surface area contributed by atoms with Crippen LogP contribution in [0.15, 0.2) is 48.7 Å². The van der Waals surface area contributed by atoms with E-state index in [1.54, 1.807) is 54.1 Å². The van der Waals surface area contributed by atoms with E-state index < -0.39 is 0 Å². The molecule has 2 aromatic heterocycles. The van der Waals surface area contributed by atoms with Gasteiger partial charge in [-0.15, -0.1) is 0 Å². The van der Waals surface area contributed by atoms with Crippen LogP contribution < -0.4 is 15.4 Å². The average Bonchev–Trinajstić information content (AvgIpc) is 3.38. The molecule has 0 aliphatic heterocycles. The van der Waals surface area contributed by atoms with Gasteiger partial charge in [-0.05, 0) is 37.1 Å². The number of anilines is 1. The van der Waals surface area contributed by atoms with Crippen molar-refractivity contribution in [3.05, 3.63) is 60.2 Å². The van der Waals surface area contributed by atoms with Crippen LogP contribution in [0.5, 0.6) is 5.75 Å². The molecule has 2 N–H and O–H groups in total. The first kappa shape index (κ1) is 16.1. The lowest BCUT2D eigenvalue weighted by Crippen LogP contribution is -2.27. The number of ether oxygens (including phenoxy) is 1. The van der Waals surface area contributed by atoms with E-state index in [4.69, 9.17) is 4.74 Å². The molecule has 1 aliphatic rings. The first-order chi connectivity index (χ1) is 12.7. The van der Waals surface area contributed by atoms with Gasteiger partial charge in [-0.2, -0.15) is 0 Å². The van der Waals surface area contributed by atoms with Crippen LogP contribution in [-0.2, 0) is 0 Å². The van der Waals surface area contributed by atoms with Crippen LogP contribution in [-0.4, -0.2) is 34.4 Å². The summed E-state index contributed by atoms with van der Waals surface area (Å²) >= 11 is 0. The molecule has 0 saturated heterocycles. The monoisotopic (exact) mass is 350 g/mol. The largest absolute Gasteiger partial charge is 0.497 e. The van der Waals surface area contributed by atoms with Crippen molar-refractivity contribution in [2.24, 2.45) is 0 Å². The van der Waals surface area contributed by atoms with Gasteiger partial charge in [0.05, 0.1) is 12.6 Å². The third-order valence-electron chi connectivity index (χ3n) is 4.21. The fraction of sp³-hybridized carbons (Fsp3) is 0.211. The lowest BCUT2D eigenvalue weighted by atomic mass is 10.2. The normalized spacial score (nSPS) is 13.4. The molecule has 1 fully saturated rings. The first-order valence-corrected chi connectivity index (χ1v) is 8.39. The summed E-state index contributed by atoms with van der Waals surface area (Å²) in [6.07, 6.45) is 3.70. The molecule has 1 saturated carbocycles. The van der Waals surface area contributed by atoms with Crippen LogP contribution in [0.25, 0.3) is 5.52 Å². The van der Waals surface area contributed by atoms with Crippen LogP contribution in [0.2, 0.25) is 0 Å². The minimum absolute atomic E-state index is 0.203. The second-order valence-electron chi connectivity index (χ2n) is 6.17. The number of amides is 2. The van der Waals surface area contributed by atoms with Gasteiger partial charge in [0, 0.05) is 24.0 Å². The van der Waals surface area contributed by atoms with E-state index in [0.29, 0.717) is 17.0 Å². The van der Waals surface area contributed by atoms with Gasteiger partial charge in [-0.25, -0.2) is 4.98 Å². The van der Waals surface area contributed by atoms with Crippen molar-refractivity contribution in [3.63, 3.8) is 0 Å². The van der Waals surface area contributed by atoms with E-state index in [9.17, 15) is 9.59 Å². The number of aromatic nitrogens is 2. The van der Waals surface area contributed by atoms with Gasteiger partial charge in [0.25, 0.3) is 11.8 Å². The minimum atomic E-state index is -0.382. The molecule has 0 atom stereocenters. The van der Waals surface area contributed by atoms with Gasteiger partial charge < -0.3 is 15.4 Å². The molecule has 1 aliphatic carbocycles. The molecule has 0 spiro atoms. The third-order valence-corrected chi connectivity index (χ3v) is 4.21. The summed E-state index contributed by atoms with van der Waals surface area (Å²) in [6, 6.07) is 12.6. The maximum absolute atomic E-state index is 12.7. The summed E-state index contributed by atoms with van der Waals surface area (Å²) in [5, 5.41) is 5.71. The Morgan fingerprint density at radius 2 is 2.00 bits per heavy atom. The lowest BCUT2D eigenvalue weighted by Gasteiger charge is -2.05. The van der Waals surface area contributed by atoms with Crippen molar-refractivity contribution in [2.75, 3.05) is 12.4 Å². The van der Waals surface area contributed by atoms with Gasteiger partial charge in [0.15, 0.2) is 5.69 Å². The predicted octanol–water partition coefficient (Wildman–Crippen LogP) is 2.49. The highest BCUT2D eigenvalue weighted by Gasteiger charge is 2.27. The van der Waals surface area contributed by atoms with E-state index in [2.05, 4.69) is 15.6 Å². The Hall–Kier alpha value is -3.35. The summed E-state index contributed by atoms with van der Waals surface area (Å²) in [6.45, 7) is 0. The number of rotatable bonds is 5. The molecule has 7 nitrogen and oxygen atoms in total. The maximum Gasteiger partial charge on any atom is 0.287 e. The fourth-order valence-electron chi connectivity index (χ4n) is 2.73. The van der Waals surface area contributed by atoms with Crippen molar-refractivity contribution in [1.82, 2.24) is 14.7 Å². The predicted molar refractivity (Wildman–Crippen MR) is 96.6 cm³/mol. The zero-order valence-electron chi connectivity index (χ0n) is 14.2. The average molecular weight is 350 g/mol. The van der Waals surface area contributed by atoms with Crippen molar-refractivity contribution in [3.8, 4) is 5.75 Å². The second-order valence-corrected chi connectivity index (χ2v) is 6.17. The van der Waals surface area contributed by atoms with Crippen LogP contribution in [0.3, 0.4) is 0 Å². The third kappa shape index (κ3) is 3.11. The number of hydrogen-bond donors (Lipinski definition) is 2. The SMILES string of the molecule is COc1cccc(NC(=O)c2nc(C(=O)NC3CC3)n3ccccc23)c1. The van der Waals surface area contributed by atoms with E-state index in [1.165, 1.54) is 0 Å². The molecule has 7 heteroatoms. The quantitative estimate of drug-likeness (QED) is 0.740. The number of nitrogens with one attached hydrogen (secondary N) is 2. The highest BCUT2D eigenvalue weighted by atomic mass is 16.5. The van der Waals surface area contributed by atoms with E-state index >= 15 is 0 Å². The van der Waals surface area contributed by atoms with E-state index in [-0.39, 0.29) is 29.4 Å². The Bertz CT molecular complexity index is 991. The zero-order valence-corrected chi connectivity index (χ0v) is 14.2. The van der Waals surface area contributed by atoms with E-state index in [0.717, 1.165) is 12.8 Å². The molecule has 3 aromatic rings. The molecule has 1 aromatic carbocycles. The lowest BCUT2D eigenvalue weighted by molar-refractivity contribution is 0.0940. The Morgan fingerprint density at radius 3 is 2.77 bits per heavy atom. The molecular weight excluding hydrogens is 332 g/mol. The molecule has 4 rings (SSSR count). The standard InChI is InChI=1S/C19H18N4O3/c1-26-14-6-4-5-13(11-14)21-18(24)16-15-7-2-3-10-23(15)17(22-16)19(25)20-12-8-9-12/h2-7,10-12H,8-9H2,1H3,(H,20,25)(H,21,24). The number of carbonyl (C=O) groups excluding carboxylic acids is 2.